The summed E-state index contributed by atoms with van der Waals surface area (Å²) in [5.74, 6) is 0.161. The maximum Gasteiger partial charge on any atom is 0.246 e. The van der Waals surface area contributed by atoms with Crippen molar-refractivity contribution >= 4 is 18.3 Å². The monoisotopic (exact) mass is 203 g/mol. The van der Waals surface area contributed by atoms with Crippen molar-refractivity contribution < 1.29 is 4.79 Å². The highest BCUT2D eigenvalue weighted by molar-refractivity contribution is 5.88. The van der Waals surface area contributed by atoms with Crippen molar-refractivity contribution in [2.24, 2.45) is 0 Å². The number of allylic oxidation sites excluding steroid dienone is 1. The summed E-state index contributed by atoms with van der Waals surface area (Å²) in [5, 5.41) is 0. The lowest BCUT2D eigenvalue weighted by atomic mass is 10.2. The van der Waals surface area contributed by atoms with Gasteiger partial charge in [0.25, 0.3) is 0 Å². The molecule has 0 N–H and O–H groups in total. The largest absolute Gasteiger partial charge is 0.343 e. The molecule has 2 nitrogen and oxygen atoms in total. The van der Waals surface area contributed by atoms with Crippen LogP contribution in [0.2, 0.25) is 0 Å². The predicted molar refractivity (Wildman–Crippen MR) is 57.1 cm³/mol. The Morgan fingerprint density at radius 2 is 2.00 bits per heavy atom. The van der Waals surface area contributed by atoms with Gasteiger partial charge in [0.1, 0.15) is 0 Å². The molecule has 76 valence electrons. The molecule has 1 fully saturated rings. The second-order valence-corrected chi connectivity index (χ2v) is 3.36. The fourth-order valence-electron chi connectivity index (χ4n) is 1.41. The van der Waals surface area contributed by atoms with Gasteiger partial charge in [-0.25, -0.2) is 0 Å². The van der Waals surface area contributed by atoms with Gasteiger partial charge in [-0.2, -0.15) is 0 Å². The van der Waals surface area contributed by atoms with E-state index in [1.165, 1.54) is 18.4 Å². The Kier molecular flexibility index (Phi) is 5.80. The lowest BCUT2D eigenvalue weighted by Crippen LogP contribution is -2.24. The fourth-order valence-corrected chi connectivity index (χ4v) is 1.41. The molecule has 0 aromatic carbocycles. The summed E-state index contributed by atoms with van der Waals surface area (Å²) in [4.78, 5) is 13.1. The average Bonchev–Trinajstić information content (AvgIpc) is 2.55. The highest BCUT2D eigenvalue weighted by Gasteiger charge is 2.09. The number of hydrogen-bond donors (Lipinski definition) is 0. The van der Waals surface area contributed by atoms with E-state index < -0.39 is 0 Å². The zero-order valence-corrected chi connectivity index (χ0v) is 9.19. The Hall–Kier alpha value is -0.500. The van der Waals surface area contributed by atoms with Gasteiger partial charge in [-0.1, -0.05) is 5.57 Å². The van der Waals surface area contributed by atoms with Crippen LogP contribution in [-0.4, -0.2) is 24.4 Å². The number of rotatable bonds is 2. The normalized spacial score (nSPS) is 15.1. The molecule has 0 atom stereocenters. The highest BCUT2D eigenvalue weighted by Crippen LogP contribution is 2.23. The molecule has 0 bridgehead atoms. The first kappa shape index (κ1) is 12.5. The van der Waals surface area contributed by atoms with E-state index in [-0.39, 0.29) is 18.3 Å². The van der Waals surface area contributed by atoms with Crippen molar-refractivity contribution in [1.82, 2.24) is 4.90 Å². The van der Waals surface area contributed by atoms with Gasteiger partial charge < -0.3 is 4.90 Å². The molecular weight excluding hydrogens is 186 g/mol. The molecule has 1 rings (SSSR count). The maximum atomic E-state index is 11.4. The number of nitrogens with zero attached hydrogens (tertiary/aromatic N) is 1. The smallest absolute Gasteiger partial charge is 0.246 e. The van der Waals surface area contributed by atoms with Crippen molar-refractivity contribution in [2.45, 2.75) is 32.6 Å². The molecule has 3 heteroatoms. The molecule has 1 aliphatic carbocycles. The highest BCUT2D eigenvalue weighted by atomic mass is 35.5. The quantitative estimate of drug-likeness (QED) is 0.632. The molecule has 1 aliphatic rings. The molecule has 1 saturated carbocycles. The number of carbonyl (C=O) groups is 1. The molecule has 0 unspecified atom stereocenters. The summed E-state index contributed by atoms with van der Waals surface area (Å²) in [6.07, 6.45) is 6.59. The summed E-state index contributed by atoms with van der Waals surface area (Å²) in [7, 11) is 1.84. The van der Waals surface area contributed by atoms with Crippen LogP contribution >= 0.6 is 12.4 Å². The maximum absolute atomic E-state index is 11.4. The van der Waals surface area contributed by atoms with Gasteiger partial charge >= 0.3 is 0 Å². The number of carbonyl (C=O) groups excluding carboxylic acids is 1. The molecule has 0 spiro atoms. The summed E-state index contributed by atoms with van der Waals surface area (Å²) in [6.45, 7) is 2.79. The zero-order chi connectivity index (χ0) is 8.97. The van der Waals surface area contributed by atoms with Gasteiger partial charge in [-0.05, 0) is 32.6 Å². The van der Waals surface area contributed by atoms with Crippen LogP contribution in [0, 0.1) is 0 Å². The first-order valence-electron chi connectivity index (χ1n) is 4.68. The van der Waals surface area contributed by atoms with Crippen LogP contribution in [0.4, 0.5) is 0 Å². The number of amides is 1. The average molecular weight is 204 g/mol. The molecule has 0 aromatic rings. The second-order valence-electron chi connectivity index (χ2n) is 3.36. The van der Waals surface area contributed by atoms with Crippen molar-refractivity contribution in [1.29, 1.82) is 0 Å². The molecule has 0 saturated heterocycles. The van der Waals surface area contributed by atoms with E-state index in [9.17, 15) is 4.79 Å². The van der Waals surface area contributed by atoms with Crippen molar-refractivity contribution in [3.05, 3.63) is 11.6 Å². The molecule has 0 aromatic heterocycles. The molecule has 13 heavy (non-hydrogen) atoms. The van der Waals surface area contributed by atoms with Gasteiger partial charge in [0.2, 0.25) is 5.91 Å². The van der Waals surface area contributed by atoms with Gasteiger partial charge in [0.05, 0.1) is 0 Å². The van der Waals surface area contributed by atoms with Crippen molar-refractivity contribution in [3.8, 4) is 0 Å². The number of likely N-dealkylation sites (N-methyl/N-ethyl adjacent to an activating group) is 1. The van der Waals surface area contributed by atoms with Crippen LogP contribution in [0.15, 0.2) is 11.6 Å². The Bertz CT molecular complexity index is 193. The van der Waals surface area contributed by atoms with Crippen molar-refractivity contribution in [2.75, 3.05) is 13.6 Å². The lowest BCUT2D eigenvalue weighted by Gasteiger charge is -2.11. The van der Waals surface area contributed by atoms with Crippen LogP contribution in [0.25, 0.3) is 0 Å². The fraction of sp³-hybridized carbons (Fsp3) is 0.700. The Morgan fingerprint density at radius 1 is 1.46 bits per heavy atom. The summed E-state index contributed by atoms with van der Waals surface area (Å²) < 4.78 is 0. The van der Waals surface area contributed by atoms with E-state index in [2.05, 4.69) is 0 Å². The summed E-state index contributed by atoms with van der Waals surface area (Å²) >= 11 is 0. The van der Waals surface area contributed by atoms with Gasteiger partial charge in [-0.3, -0.25) is 4.79 Å². The topological polar surface area (TPSA) is 20.3 Å². The minimum Gasteiger partial charge on any atom is -0.343 e. The van der Waals surface area contributed by atoms with Crippen molar-refractivity contribution in [3.63, 3.8) is 0 Å². The lowest BCUT2D eigenvalue weighted by molar-refractivity contribution is -0.124. The van der Waals surface area contributed by atoms with Crippen LogP contribution in [0.1, 0.15) is 32.6 Å². The summed E-state index contributed by atoms with van der Waals surface area (Å²) in [6, 6.07) is 0. The SMILES string of the molecule is CCN(C)C(=O)C=C1CCCC1.Cl. The summed E-state index contributed by atoms with van der Waals surface area (Å²) in [5.41, 5.74) is 1.33. The van der Waals surface area contributed by atoms with E-state index >= 15 is 0 Å². The number of hydrogen-bond acceptors (Lipinski definition) is 1. The van der Waals surface area contributed by atoms with Crippen LogP contribution < -0.4 is 0 Å². The molecule has 0 radical (unpaired) electrons. The van der Waals surface area contributed by atoms with Gasteiger partial charge in [0.15, 0.2) is 0 Å². The minimum atomic E-state index is 0. The van der Waals surface area contributed by atoms with E-state index in [1.54, 1.807) is 4.90 Å². The van der Waals surface area contributed by atoms with Gasteiger partial charge in [0, 0.05) is 19.7 Å². The molecule has 1 amide bonds. The van der Waals surface area contributed by atoms with Crippen LogP contribution in [0.5, 0.6) is 0 Å². The third-order valence-electron chi connectivity index (χ3n) is 2.42. The third-order valence-corrected chi connectivity index (χ3v) is 2.42. The first-order valence-corrected chi connectivity index (χ1v) is 4.68. The third kappa shape index (κ3) is 3.81. The van der Waals surface area contributed by atoms with E-state index in [4.69, 9.17) is 0 Å². The van der Waals surface area contributed by atoms with E-state index in [0.29, 0.717) is 0 Å². The second kappa shape index (κ2) is 6.03. The molecule has 0 heterocycles. The Morgan fingerprint density at radius 3 is 2.46 bits per heavy atom. The predicted octanol–water partition coefficient (Wildman–Crippen LogP) is 2.39. The van der Waals surface area contributed by atoms with Gasteiger partial charge in [-0.15, -0.1) is 12.4 Å². The Labute approximate surface area is 86.4 Å². The first-order chi connectivity index (χ1) is 5.74. The van der Waals surface area contributed by atoms with E-state index in [0.717, 1.165) is 19.4 Å². The number of halogens is 1. The minimum absolute atomic E-state index is 0. The van der Waals surface area contributed by atoms with E-state index in [1.807, 2.05) is 20.0 Å². The van der Waals surface area contributed by atoms with Crippen LogP contribution in [-0.2, 0) is 4.79 Å². The zero-order valence-electron chi connectivity index (χ0n) is 8.38. The molecule has 0 aliphatic heterocycles. The van der Waals surface area contributed by atoms with Crippen LogP contribution in [0.3, 0.4) is 0 Å². The standard InChI is InChI=1S/C10H17NO.ClH/c1-3-11(2)10(12)8-9-6-4-5-7-9;/h8H,3-7H2,1-2H3;1H. The Balaban J connectivity index is 0.00000144. The molecular formula is C10H18ClNO.